The number of carbonyl (C=O) groups is 2. The number of fused-ring (bicyclic) bond motifs is 3. The van der Waals surface area contributed by atoms with Crippen LogP contribution in [0.2, 0.25) is 0 Å². The lowest BCUT2D eigenvalue weighted by Gasteiger charge is -2.39. The first-order chi connectivity index (χ1) is 12.5. The monoisotopic (exact) mass is 353 g/mol. The molecule has 0 saturated carbocycles. The topological polar surface area (TPSA) is 87.1 Å². The number of likely N-dealkylation sites (tertiary alicyclic amines) is 1. The summed E-state index contributed by atoms with van der Waals surface area (Å²) < 4.78 is 4.84. The predicted octanol–water partition coefficient (Wildman–Crippen LogP) is 2.46. The van der Waals surface area contributed by atoms with E-state index in [0.717, 1.165) is 22.3 Å². The average Bonchev–Trinajstić information content (AvgIpc) is 3.17. The lowest BCUT2D eigenvalue weighted by atomic mass is 9.75. The quantitative estimate of drug-likeness (QED) is 0.866. The van der Waals surface area contributed by atoms with Crippen molar-refractivity contribution in [3.8, 4) is 11.1 Å². The van der Waals surface area contributed by atoms with Gasteiger partial charge >= 0.3 is 12.1 Å². The van der Waals surface area contributed by atoms with E-state index in [1.807, 2.05) is 48.5 Å². The summed E-state index contributed by atoms with van der Waals surface area (Å²) in [5.41, 5.74) is 2.01. The van der Waals surface area contributed by atoms with Gasteiger partial charge in [0.05, 0.1) is 19.8 Å². The minimum absolute atomic E-state index is 0.0508. The Morgan fingerprint density at radius 3 is 2.12 bits per heavy atom. The molecule has 0 radical (unpaired) electrons. The van der Waals surface area contributed by atoms with E-state index in [4.69, 9.17) is 4.74 Å². The first-order valence-corrected chi connectivity index (χ1v) is 8.46. The normalized spacial score (nSPS) is 24.2. The van der Waals surface area contributed by atoms with Gasteiger partial charge in [0, 0.05) is 12.3 Å². The zero-order chi connectivity index (χ0) is 18.5. The van der Waals surface area contributed by atoms with E-state index in [2.05, 4.69) is 0 Å². The number of benzene rings is 2. The molecule has 6 nitrogen and oxygen atoms in total. The van der Waals surface area contributed by atoms with Crippen LogP contribution in [-0.4, -0.2) is 52.5 Å². The zero-order valence-corrected chi connectivity index (χ0v) is 14.3. The van der Waals surface area contributed by atoms with Gasteiger partial charge < -0.3 is 14.9 Å². The fraction of sp³-hybridized carbons (Fsp3) is 0.300. The molecule has 2 N–H and O–H groups in total. The second-order valence-corrected chi connectivity index (χ2v) is 6.78. The van der Waals surface area contributed by atoms with Gasteiger partial charge in [0.15, 0.2) is 5.54 Å². The van der Waals surface area contributed by atoms with Crippen LogP contribution in [0.25, 0.3) is 11.1 Å². The largest absolute Gasteiger partial charge is 0.479 e. The second-order valence-electron chi connectivity index (χ2n) is 6.78. The van der Waals surface area contributed by atoms with Crippen LogP contribution in [-0.2, 0) is 9.53 Å². The number of aliphatic hydroxyl groups is 1. The Morgan fingerprint density at radius 1 is 1.08 bits per heavy atom. The highest BCUT2D eigenvalue weighted by molar-refractivity contribution is 5.91. The van der Waals surface area contributed by atoms with E-state index in [9.17, 15) is 19.8 Å². The van der Waals surface area contributed by atoms with E-state index in [1.165, 1.54) is 12.0 Å². The number of rotatable bonds is 2. The fourth-order valence-electron chi connectivity index (χ4n) is 4.53. The van der Waals surface area contributed by atoms with Crippen LogP contribution in [0, 0.1) is 0 Å². The smallest absolute Gasteiger partial charge is 0.410 e. The molecule has 1 amide bonds. The Bertz CT molecular complexity index is 850. The molecule has 1 aliphatic heterocycles. The third-order valence-corrected chi connectivity index (χ3v) is 5.50. The molecule has 2 aliphatic rings. The van der Waals surface area contributed by atoms with E-state index in [-0.39, 0.29) is 13.0 Å². The van der Waals surface area contributed by atoms with Crippen LogP contribution >= 0.6 is 0 Å². The maximum atomic E-state index is 12.5. The molecule has 134 valence electrons. The average molecular weight is 353 g/mol. The first kappa shape index (κ1) is 16.6. The van der Waals surface area contributed by atoms with E-state index in [0.29, 0.717) is 0 Å². The summed E-state index contributed by atoms with van der Waals surface area (Å²) in [7, 11) is 1.22. The number of methoxy groups -OCH3 is 1. The third-order valence-electron chi connectivity index (χ3n) is 5.50. The summed E-state index contributed by atoms with van der Waals surface area (Å²) in [4.78, 5) is 26.1. The molecular weight excluding hydrogens is 334 g/mol. The number of ether oxygens (including phenoxy) is 1. The highest BCUT2D eigenvalue weighted by Gasteiger charge is 2.61. The molecule has 4 rings (SSSR count). The van der Waals surface area contributed by atoms with Crippen molar-refractivity contribution in [1.82, 2.24) is 4.90 Å². The fourth-order valence-corrected chi connectivity index (χ4v) is 4.53. The van der Waals surface area contributed by atoms with Crippen molar-refractivity contribution in [2.45, 2.75) is 24.0 Å². The minimum Gasteiger partial charge on any atom is -0.479 e. The molecule has 1 saturated heterocycles. The van der Waals surface area contributed by atoms with Gasteiger partial charge in [-0.3, -0.25) is 4.90 Å². The van der Waals surface area contributed by atoms with Gasteiger partial charge in [-0.15, -0.1) is 0 Å². The van der Waals surface area contributed by atoms with Crippen LogP contribution in [0.15, 0.2) is 48.5 Å². The first-order valence-electron chi connectivity index (χ1n) is 8.46. The molecule has 6 heteroatoms. The molecule has 0 aromatic heterocycles. The Kier molecular flexibility index (Phi) is 3.73. The number of carboxylic acid groups (broad SMARTS) is 1. The van der Waals surface area contributed by atoms with Crippen molar-refractivity contribution in [3.63, 3.8) is 0 Å². The van der Waals surface area contributed by atoms with Gasteiger partial charge in [0.1, 0.15) is 0 Å². The van der Waals surface area contributed by atoms with Crippen LogP contribution in [0.3, 0.4) is 0 Å². The number of aliphatic hydroxyl groups excluding tert-OH is 1. The summed E-state index contributed by atoms with van der Waals surface area (Å²) in [5, 5.41) is 20.5. The summed E-state index contributed by atoms with van der Waals surface area (Å²) >= 11 is 0. The number of hydrogen-bond donors (Lipinski definition) is 2. The Hall–Kier alpha value is -2.86. The van der Waals surface area contributed by atoms with Crippen molar-refractivity contribution in [1.29, 1.82) is 0 Å². The minimum atomic E-state index is -1.60. The zero-order valence-electron chi connectivity index (χ0n) is 14.3. The lowest BCUT2D eigenvalue weighted by molar-refractivity contribution is -0.149. The van der Waals surface area contributed by atoms with E-state index in [1.54, 1.807) is 0 Å². The SMILES string of the molecule is COC(=O)N1C[C@H](O)C[C@]1(C(=O)O)C1c2ccccc2-c2ccccc21. The maximum Gasteiger partial charge on any atom is 0.410 e. The molecule has 2 atom stereocenters. The van der Waals surface area contributed by atoms with Crippen LogP contribution in [0.5, 0.6) is 0 Å². The van der Waals surface area contributed by atoms with E-state index < -0.39 is 29.6 Å². The molecule has 0 bridgehead atoms. The highest BCUT2D eigenvalue weighted by Crippen LogP contribution is 2.54. The van der Waals surface area contributed by atoms with E-state index >= 15 is 0 Å². The Morgan fingerprint density at radius 2 is 1.62 bits per heavy atom. The third kappa shape index (κ3) is 2.08. The van der Waals surface area contributed by atoms with Crippen LogP contribution in [0.1, 0.15) is 23.5 Å². The molecule has 0 spiro atoms. The van der Waals surface area contributed by atoms with Crippen molar-refractivity contribution in [2.24, 2.45) is 0 Å². The van der Waals surface area contributed by atoms with Crippen molar-refractivity contribution < 1.29 is 24.5 Å². The van der Waals surface area contributed by atoms with Gasteiger partial charge in [-0.2, -0.15) is 0 Å². The number of nitrogens with zero attached hydrogens (tertiary/aromatic N) is 1. The molecule has 26 heavy (non-hydrogen) atoms. The van der Waals surface area contributed by atoms with Gasteiger partial charge in [-0.05, 0) is 22.3 Å². The Labute approximate surface area is 150 Å². The summed E-state index contributed by atoms with van der Waals surface area (Å²) in [6, 6.07) is 15.2. The standard InChI is InChI=1S/C20H19NO5/c1-26-19(25)21-11-12(22)10-20(21,18(23)24)17-15-8-4-2-6-13(15)14-7-3-5-9-16(14)17/h2-9,12,17,22H,10-11H2,1H3,(H,23,24)/t12-,20-/m1/s1. The number of aliphatic carboxylic acids is 1. The van der Waals surface area contributed by atoms with Crippen molar-refractivity contribution in [3.05, 3.63) is 59.7 Å². The van der Waals surface area contributed by atoms with Crippen molar-refractivity contribution >= 4 is 12.1 Å². The number of hydrogen-bond acceptors (Lipinski definition) is 4. The summed E-state index contributed by atoms with van der Waals surface area (Å²) in [5.74, 6) is -1.72. The number of carboxylic acids is 1. The molecular formula is C20H19NO5. The number of β-amino-alcohol motifs (C(OH)–C–C–N with tert-alkyl or cyclic N) is 1. The molecule has 1 heterocycles. The lowest BCUT2D eigenvalue weighted by Crippen LogP contribution is -2.56. The van der Waals surface area contributed by atoms with Crippen LogP contribution < -0.4 is 0 Å². The van der Waals surface area contributed by atoms with Gasteiger partial charge in [-0.25, -0.2) is 9.59 Å². The molecule has 2 aromatic rings. The predicted molar refractivity (Wildman–Crippen MR) is 93.8 cm³/mol. The molecule has 2 aromatic carbocycles. The summed E-state index contributed by atoms with van der Waals surface area (Å²) in [6.45, 7) is -0.0696. The maximum absolute atomic E-state index is 12.5. The number of amides is 1. The molecule has 1 fully saturated rings. The summed E-state index contributed by atoms with van der Waals surface area (Å²) in [6.07, 6.45) is -1.72. The molecule has 1 aliphatic carbocycles. The van der Waals surface area contributed by atoms with Gasteiger partial charge in [-0.1, -0.05) is 48.5 Å². The van der Waals surface area contributed by atoms with Crippen LogP contribution in [0.4, 0.5) is 4.79 Å². The Balaban J connectivity index is 1.99. The highest BCUT2D eigenvalue weighted by atomic mass is 16.5. The molecule has 0 unspecified atom stereocenters. The number of carbonyl (C=O) groups excluding carboxylic acids is 1. The van der Waals surface area contributed by atoms with Gasteiger partial charge in [0.2, 0.25) is 0 Å². The van der Waals surface area contributed by atoms with Crippen molar-refractivity contribution in [2.75, 3.05) is 13.7 Å². The van der Waals surface area contributed by atoms with Gasteiger partial charge in [0.25, 0.3) is 0 Å². The second kappa shape index (κ2) is 5.85.